The molecule has 1 aromatic rings. The summed E-state index contributed by atoms with van der Waals surface area (Å²) in [4.78, 5) is 11.0. The van der Waals surface area contributed by atoms with E-state index in [2.05, 4.69) is 14.9 Å². The fourth-order valence-corrected chi connectivity index (χ4v) is 2.31. The number of nitrogens with zero attached hydrogens (tertiary/aromatic N) is 3. The van der Waals surface area contributed by atoms with Gasteiger partial charge in [0.1, 0.15) is 5.82 Å². The van der Waals surface area contributed by atoms with E-state index in [0.29, 0.717) is 6.04 Å². The van der Waals surface area contributed by atoms with Crippen LogP contribution in [0.3, 0.4) is 0 Å². The molecule has 4 nitrogen and oxygen atoms in total. The molecule has 0 radical (unpaired) electrons. The van der Waals surface area contributed by atoms with E-state index in [1.54, 1.807) is 12.4 Å². The Morgan fingerprint density at radius 3 is 2.81 bits per heavy atom. The summed E-state index contributed by atoms with van der Waals surface area (Å²) in [7, 11) is 0. The summed E-state index contributed by atoms with van der Waals surface area (Å²) in [6, 6.07) is 2.36. The molecular weight excluding hydrogens is 200 g/mol. The average molecular weight is 220 g/mol. The Balaban J connectivity index is 2.00. The standard InChI is InChI=1S/C12H20N4/c13-9-11-5-2-1-3-8-16(11)10-12-14-6-4-7-15-12/h4,6-7,11H,1-3,5,8-10,13H2. The van der Waals surface area contributed by atoms with E-state index in [-0.39, 0.29) is 0 Å². The van der Waals surface area contributed by atoms with Gasteiger partial charge in [-0.05, 0) is 25.5 Å². The van der Waals surface area contributed by atoms with Crippen molar-refractivity contribution in [1.82, 2.24) is 14.9 Å². The Morgan fingerprint density at radius 2 is 2.06 bits per heavy atom. The van der Waals surface area contributed by atoms with Crippen molar-refractivity contribution < 1.29 is 0 Å². The number of nitrogens with two attached hydrogens (primary N) is 1. The van der Waals surface area contributed by atoms with E-state index >= 15 is 0 Å². The van der Waals surface area contributed by atoms with Gasteiger partial charge in [0.05, 0.1) is 6.54 Å². The lowest BCUT2D eigenvalue weighted by Crippen LogP contribution is -2.40. The van der Waals surface area contributed by atoms with Crippen molar-refractivity contribution in [3.05, 3.63) is 24.3 Å². The predicted octanol–water partition coefficient (Wildman–Crippen LogP) is 1.18. The number of rotatable bonds is 3. The monoisotopic (exact) mass is 220 g/mol. The van der Waals surface area contributed by atoms with Crippen molar-refractivity contribution in [1.29, 1.82) is 0 Å². The molecule has 1 aliphatic rings. The first-order valence-electron chi connectivity index (χ1n) is 6.10. The molecule has 88 valence electrons. The van der Waals surface area contributed by atoms with Crippen molar-refractivity contribution in [2.75, 3.05) is 13.1 Å². The van der Waals surface area contributed by atoms with Gasteiger partial charge in [-0.2, -0.15) is 0 Å². The van der Waals surface area contributed by atoms with Gasteiger partial charge in [0.15, 0.2) is 0 Å². The Hall–Kier alpha value is -1.00. The summed E-state index contributed by atoms with van der Waals surface area (Å²) in [6.45, 7) is 2.70. The van der Waals surface area contributed by atoms with Crippen molar-refractivity contribution in [2.45, 2.75) is 38.3 Å². The molecule has 0 saturated carbocycles. The SMILES string of the molecule is NCC1CCCCCN1Cc1ncccn1. The van der Waals surface area contributed by atoms with E-state index in [1.807, 2.05) is 6.07 Å². The van der Waals surface area contributed by atoms with Gasteiger partial charge >= 0.3 is 0 Å². The molecule has 0 amide bonds. The molecule has 0 spiro atoms. The Labute approximate surface area is 96.9 Å². The van der Waals surface area contributed by atoms with Gasteiger partial charge in [-0.25, -0.2) is 9.97 Å². The highest BCUT2D eigenvalue weighted by atomic mass is 15.2. The van der Waals surface area contributed by atoms with E-state index in [1.165, 1.54) is 25.7 Å². The third-order valence-electron chi connectivity index (χ3n) is 3.23. The molecule has 1 unspecified atom stereocenters. The second kappa shape index (κ2) is 5.92. The zero-order valence-corrected chi connectivity index (χ0v) is 9.68. The lowest BCUT2D eigenvalue weighted by molar-refractivity contribution is 0.191. The molecule has 1 saturated heterocycles. The normalized spacial score (nSPS) is 22.9. The molecule has 2 heterocycles. The van der Waals surface area contributed by atoms with Crippen LogP contribution in [0.25, 0.3) is 0 Å². The van der Waals surface area contributed by atoms with Gasteiger partial charge < -0.3 is 5.73 Å². The molecule has 0 aliphatic carbocycles. The number of hydrogen-bond acceptors (Lipinski definition) is 4. The number of likely N-dealkylation sites (tertiary alicyclic amines) is 1. The maximum atomic E-state index is 5.83. The van der Waals surface area contributed by atoms with Crippen molar-refractivity contribution in [3.8, 4) is 0 Å². The summed E-state index contributed by atoms with van der Waals surface area (Å²) in [5.41, 5.74) is 5.83. The van der Waals surface area contributed by atoms with Crippen LogP contribution in [0.4, 0.5) is 0 Å². The molecule has 4 heteroatoms. The second-order valence-electron chi connectivity index (χ2n) is 4.37. The zero-order chi connectivity index (χ0) is 11.2. The van der Waals surface area contributed by atoms with Crippen molar-refractivity contribution >= 4 is 0 Å². The predicted molar refractivity (Wildman–Crippen MR) is 63.8 cm³/mol. The lowest BCUT2D eigenvalue weighted by atomic mass is 10.1. The summed E-state index contributed by atoms with van der Waals surface area (Å²) in [5, 5.41) is 0. The highest BCUT2D eigenvalue weighted by molar-refractivity contribution is 4.90. The highest BCUT2D eigenvalue weighted by Crippen LogP contribution is 2.17. The Bertz CT molecular complexity index is 301. The van der Waals surface area contributed by atoms with Gasteiger partial charge in [-0.3, -0.25) is 4.90 Å². The number of hydrogen-bond donors (Lipinski definition) is 1. The fraction of sp³-hybridized carbons (Fsp3) is 0.667. The minimum Gasteiger partial charge on any atom is -0.329 e. The van der Waals surface area contributed by atoms with Crippen LogP contribution in [0.5, 0.6) is 0 Å². The van der Waals surface area contributed by atoms with E-state index < -0.39 is 0 Å². The molecule has 16 heavy (non-hydrogen) atoms. The molecule has 0 bridgehead atoms. The smallest absolute Gasteiger partial charge is 0.142 e. The molecule has 1 aliphatic heterocycles. The minimum atomic E-state index is 0.506. The minimum absolute atomic E-state index is 0.506. The molecule has 1 aromatic heterocycles. The molecule has 0 aromatic carbocycles. The maximum Gasteiger partial charge on any atom is 0.142 e. The quantitative estimate of drug-likeness (QED) is 0.831. The summed E-state index contributed by atoms with van der Waals surface area (Å²) in [6.07, 6.45) is 8.71. The van der Waals surface area contributed by atoms with Crippen molar-refractivity contribution in [2.24, 2.45) is 5.73 Å². The van der Waals surface area contributed by atoms with E-state index in [9.17, 15) is 0 Å². The highest BCUT2D eigenvalue weighted by Gasteiger charge is 2.20. The van der Waals surface area contributed by atoms with Gasteiger partial charge in [-0.1, -0.05) is 12.8 Å². The second-order valence-corrected chi connectivity index (χ2v) is 4.37. The lowest BCUT2D eigenvalue weighted by Gasteiger charge is -2.27. The topological polar surface area (TPSA) is 55.0 Å². The van der Waals surface area contributed by atoms with Gasteiger partial charge in [0.2, 0.25) is 0 Å². The Kier molecular flexibility index (Phi) is 4.25. The first-order valence-corrected chi connectivity index (χ1v) is 6.10. The van der Waals surface area contributed by atoms with Crippen LogP contribution in [0.15, 0.2) is 18.5 Å². The van der Waals surface area contributed by atoms with Crippen molar-refractivity contribution in [3.63, 3.8) is 0 Å². The molecular formula is C12H20N4. The van der Waals surface area contributed by atoms with Crippen LogP contribution in [0, 0.1) is 0 Å². The van der Waals surface area contributed by atoms with Crippen LogP contribution >= 0.6 is 0 Å². The summed E-state index contributed by atoms with van der Waals surface area (Å²) in [5.74, 6) is 0.905. The van der Waals surface area contributed by atoms with Gasteiger partial charge in [0, 0.05) is 25.0 Å². The van der Waals surface area contributed by atoms with Crippen LogP contribution in [0.1, 0.15) is 31.5 Å². The summed E-state index contributed by atoms with van der Waals surface area (Å²) < 4.78 is 0. The largest absolute Gasteiger partial charge is 0.329 e. The molecule has 1 fully saturated rings. The van der Waals surface area contributed by atoms with Gasteiger partial charge in [-0.15, -0.1) is 0 Å². The van der Waals surface area contributed by atoms with Crippen LogP contribution in [0.2, 0.25) is 0 Å². The maximum absolute atomic E-state index is 5.83. The first kappa shape index (κ1) is 11.5. The first-order chi connectivity index (χ1) is 7.90. The third-order valence-corrected chi connectivity index (χ3v) is 3.23. The fourth-order valence-electron chi connectivity index (χ4n) is 2.31. The molecule has 2 N–H and O–H groups in total. The Morgan fingerprint density at radius 1 is 1.25 bits per heavy atom. The van der Waals surface area contributed by atoms with Crippen LogP contribution < -0.4 is 5.73 Å². The van der Waals surface area contributed by atoms with Crippen LogP contribution in [-0.2, 0) is 6.54 Å². The molecule has 2 rings (SSSR count). The zero-order valence-electron chi connectivity index (χ0n) is 9.68. The van der Waals surface area contributed by atoms with E-state index in [0.717, 1.165) is 25.5 Å². The van der Waals surface area contributed by atoms with Gasteiger partial charge in [0.25, 0.3) is 0 Å². The third kappa shape index (κ3) is 3.00. The summed E-state index contributed by atoms with van der Waals surface area (Å²) >= 11 is 0. The average Bonchev–Trinajstić information content (AvgIpc) is 2.55. The molecule has 1 atom stereocenters. The van der Waals surface area contributed by atoms with E-state index in [4.69, 9.17) is 5.73 Å². The van der Waals surface area contributed by atoms with Crippen LogP contribution in [-0.4, -0.2) is 34.0 Å². The number of aromatic nitrogens is 2.